The summed E-state index contributed by atoms with van der Waals surface area (Å²) in [6, 6.07) is 5.50. The van der Waals surface area contributed by atoms with Gasteiger partial charge in [0.2, 0.25) is 0 Å². The van der Waals surface area contributed by atoms with Gasteiger partial charge in [-0.25, -0.2) is 4.68 Å². The van der Waals surface area contributed by atoms with Crippen LogP contribution in [0.3, 0.4) is 0 Å². The Balaban J connectivity index is 2.33. The Hall–Kier alpha value is -1.15. The molecule has 1 aromatic carbocycles. The summed E-state index contributed by atoms with van der Waals surface area (Å²) in [5, 5.41) is 16.8. The van der Waals surface area contributed by atoms with E-state index in [0.717, 1.165) is 3.57 Å². The van der Waals surface area contributed by atoms with Gasteiger partial charge in [0.15, 0.2) is 0 Å². The number of benzene rings is 1. The van der Waals surface area contributed by atoms with E-state index in [0.29, 0.717) is 16.4 Å². The first kappa shape index (κ1) is 12.3. The summed E-state index contributed by atoms with van der Waals surface area (Å²) >= 11 is 8.22. The molecular weight excluding hydrogens is 356 g/mol. The van der Waals surface area contributed by atoms with Crippen LogP contribution in [0.2, 0.25) is 5.02 Å². The fraction of sp³-hybridized carbons (Fsp3) is 0.100. The highest BCUT2D eigenvalue weighted by molar-refractivity contribution is 14.1. The van der Waals surface area contributed by atoms with E-state index >= 15 is 0 Å². The molecule has 0 aliphatic carbocycles. The normalized spacial score (nSPS) is 10.5. The zero-order chi connectivity index (χ0) is 12.4. The van der Waals surface area contributed by atoms with E-state index in [1.807, 2.05) is 12.1 Å². The molecule has 0 saturated carbocycles. The van der Waals surface area contributed by atoms with Crippen molar-refractivity contribution in [2.75, 3.05) is 0 Å². The van der Waals surface area contributed by atoms with Crippen LogP contribution in [0.5, 0.6) is 0 Å². The molecular formula is C10H7ClIN3O2. The minimum absolute atomic E-state index is 0.151. The molecule has 0 aliphatic rings. The molecule has 5 nitrogen and oxygen atoms in total. The van der Waals surface area contributed by atoms with Gasteiger partial charge < -0.3 is 5.11 Å². The molecule has 88 valence electrons. The summed E-state index contributed by atoms with van der Waals surface area (Å²) in [5.41, 5.74) is 1.07. The number of hydrogen-bond acceptors (Lipinski definition) is 3. The Morgan fingerprint density at radius 2 is 2.29 bits per heavy atom. The van der Waals surface area contributed by atoms with E-state index in [1.54, 1.807) is 12.3 Å². The Morgan fingerprint density at radius 3 is 2.94 bits per heavy atom. The number of carboxylic acid groups (broad SMARTS) is 1. The largest absolute Gasteiger partial charge is 0.481 e. The van der Waals surface area contributed by atoms with Gasteiger partial charge in [0.05, 0.1) is 29.0 Å². The molecule has 2 rings (SSSR count). The number of aliphatic carboxylic acids is 1. The number of carbonyl (C=O) groups is 1. The topological polar surface area (TPSA) is 68.0 Å². The smallest absolute Gasteiger partial charge is 0.309 e. The number of aromatic nitrogens is 3. The molecule has 0 amide bonds. The van der Waals surface area contributed by atoms with Crippen molar-refractivity contribution in [1.82, 2.24) is 15.0 Å². The molecule has 0 spiro atoms. The number of rotatable bonds is 3. The van der Waals surface area contributed by atoms with Crippen molar-refractivity contribution in [2.45, 2.75) is 6.42 Å². The van der Waals surface area contributed by atoms with Crippen molar-refractivity contribution >= 4 is 40.2 Å². The molecule has 7 heteroatoms. The van der Waals surface area contributed by atoms with Crippen molar-refractivity contribution in [3.8, 4) is 5.69 Å². The molecule has 0 saturated heterocycles. The van der Waals surface area contributed by atoms with E-state index in [9.17, 15) is 4.79 Å². The first-order valence-corrected chi connectivity index (χ1v) is 6.10. The molecule has 0 unspecified atom stereocenters. The Labute approximate surface area is 116 Å². The third-order valence-electron chi connectivity index (χ3n) is 2.03. The van der Waals surface area contributed by atoms with Crippen LogP contribution in [0.1, 0.15) is 5.69 Å². The maximum absolute atomic E-state index is 10.5. The molecule has 1 N–H and O–H groups in total. The van der Waals surface area contributed by atoms with E-state index in [4.69, 9.17) is 16.7 Å². The lowest BCUT2D eigenvalue weighted by molar-refractivity contribution is -0.136. The summed E-state index contributed by atoms with van der Waals surface area (Å²) < 4.78 is 2.48. The predicted molar refractivity (Wildman–Crippen MR) is 70.4 cm³/mol. The number of nitrogens with zero attached hydrogens (tertiary/aromatic N) is 3. The van der Waals surface area contributed by atoms with Crippen molar-refractivity contribution < 1.29 is 9.90 Å². The highest BCUT2D eigenvalue weighted by Gasteiger charge is 2.09. The lowest BCUT2D eigenvalue weighted by Crippen LogP contribution is -2.00. The van der Waals surface area contributed by atoms with Crippen LogP contribution in [-0.2, 0) is 11.2 Å². The Bertz CT molecular complexity index is 570. The van der Waals surface area contributed by atoms with Crippen LogP contribution < -0.4 is 0 Å². The highest BCUT2D eigenvalue weighted by atomic mass is 127. The van der Waals surface area contributed by atoms with Gasteiger partial charge in [-0.1, -0.05) is 16.8 Å². The highest BCUT2D eigenvalue weighted by Crippen LogP contribution is 2.22. The summed E-state index contributed by atoms with van der Waals surface area (Å²) in [6.45, 7) is 0. The number of carboxylic acids is 1. The van der Waals surface area contributed by atoms with Crippen LogP contribution >= 0.6 is 34.2 Å². The summed E-state index contributed by atoms with van der Waals surface area (Å²) in [6.07, 6.45) is 1.41. The van der Waals surface area contributed by atoms with E-state index in [1.165, 1.54) is 4.68 Å². The second-order valence-corrected chi connectivity index (χ2v) is 4.97. The number of hydrogen-bond donors (Lipinski definition) is 1. The van der Waals surface area contributed by atoms with Gasteiger partial charge in [-0.2, -0.15) is 0 Å². The SMILES string of the molecule is O=C(O)Cc1cn(-c2ccc(I)cc2Cl)nn1. The molecule has 0 atom stereocenters. The van der Waals surface area contributed by atoms with Crippen LogP contribution in [0, 0.1) is 3.57 Å². The van der Waals surface area contributed by atoms with Gasteiger partial charge in [-0.15, -0.1) is 5.10 Å². The molecule has 0 bridgehead atoms. The van der Waals surface area contributed by atoms with Gasteiger partial charge in [0, 0.05) is 3.57 Å². The molecule has 2 aromatic rings. The molecule has 17 heavy (non-hydrogen) atoms. The van der Waals surface area contributed by atoms with Gasteiger partial charge >= 0.3 is 5.97 Å². The fourth-order valence-corrected chi connectivity index (χ4v) is 2.26. The molecule has 0 radical (unpaired) electrons. The minimum Gasteiger partial charge on any atom is -0.481 e. The fourth-order valence-electron chi connectivity index (χ4n) is 1.32. The van der Waals surface area contributed by atoms with E-state index in [-0.39, 0.29) is 6.42 Å². The number of halogens is 2. The van der Waals surface area contributed by atoms with E-state index < -0.39 is 5.97 Å². The molecule has 1 heterocycles. The average molecular weight is 364 g/mol. The minimum atomic E-state index is -0.939. The Morgan fingerprint density at radius 1 is 1.53 bits per heavy atom. The predicted octanol–water partition coefficient (Wildman–Crippen LogP) is 2.15. The first-order chi connectivity index (χ1) is 8.06. The van der Waals surface area contributed by atoms with Crippen molar-refractivity contribution in [1.29, 1.82) is 0 Å². The van der Waals surface area contributed by atoms with Crippen LogP contribution in [0.15, 0.2) is 24.4 Å². The lowest BCUT2D eigenvalue weighted by atomic mass is 10.3. The van der Waals surface area contributed by atoms with Crippen LogP contribution in [-0.4, -0.2) is 26.1 Å². The maximum Gasteiger partial charge on any atom is 0.309 e. The van der Waals surface area contributed by atoms with Gasteiger partial charge in [-0.05, 0) is 40.8 Å². The van der Waals surface area contributed by atoms with Crippen LogP contribution in [0.25, 0.3) is 5.69 Å². The average Bonchev–Trinajstić information content (AvgIpc) is 2.65. The quantitative estimate of drug-likeness (QED) is 0.849. The van der Waals surface area contributed by atoms with Crippen LogP contribution in [0.4, 0.5) is 0 Å². The lowest BCUT2D eigenvalue weighted by Gasteiger charge is -2.02. The molecule has 1 aromatic heterocycles. The summed E-state index contributed by atoms with van der Waals surface area (Å²) in [4.78, 5) is 10.5. The summed E-state index contributed by atoms with van der Waals surface area (Å²) in [5.74, 6) is -0.939. The molecule has 0 aliphatic heterocycles. The van der Waals surface area contributed by atoms with E-state index in [2.05, 4.69) is 32.9 Å². The van der Waals surface area contributed by atoms with Crippen molar-refractivity contribution in [2.24, 2.45) is 0 Å². The van der Waals surface area contributed by atoms with Gasteiger partial charge in [-0.3, -0.25) is 4.79 Å². The third-order valence-corrected chi connectivity index (χ3v) is 3.00. The second-order valence-electron chi connectivity index (χ2n) is 3.32. The van der Waals surface area contributed by atoms with Crippen molar-refractivity contribution in [3.63, 3.8) is 0 Å². The second kappa shape index (κ2) is 5.01. The third kappa shape index (κ3) is 2.95. The van der Waals surface area contributed by atoms with Gasteiger partial charge in [0.25, 0.3) is 0 Å². The zero-order valence-electron chi connectivity index (χ0n) is 8.47. The van der Waals surface area contributed by atoms with Crippen molar-refractivity contribution in [3.05, 3.63) is 38.7 Å². The Kier molecular flexibility index (Phi) is 3.63. The summed E-state index contributed by atoms with van der Waals surface area (Å²) in [7, 11) is 0. The molecule has 0 fully saturated rings. The zero-order valence-corrected chi connectivity index (χ0v) is 11.4. The first-order valence-electron chi connectivity index (χ1n) is 4.64. The maximum atomic E-state index is 10.5. The monoisotopic (exact) mass is 363 g/mol. The van der Waals surface area contributed by atoms with Gasteiger partial charge in [0.1, 0.15) is 0 Å². The standard InChI is InChI=1S/C10H7ClIN3O2/c11-8-3-6(12)1-2-9(8)15-5-7(13-14-15)4-10(16)17/h1-3,5H,4H2,(H,16,17).